The molecule has 2 aromatic rings. The highest BCUT2D eigenvalue weighted by atomic mass is 16.6. The van der Waals surface area contributed by atoms with Crippen LogP contribution in [-0.4, -0.2) is 43.9 Å². The minimum atomic E-state index is -0.669. The van der Waals surface area contributed by atoms with Crippen molar-refractivity contribution in [3.8, 4) is 0 Å². The van der Waals surface area contributed by atoms with Crippen molar-refractivity contribution in [3.63, 3.8) is 0 Å². The molecule has 4 rings (SSSR count). The second-order valence-electron chi connectivity index (χ2n) is 6.41. The molecule has 2 fully saturated rings. The van der Waals surface area contributed by atoms with Crippen LogP contribution in [0.3, 0.4) is 0 Å². The van der Waals surface area contributed by atoms with Crippen LogP contribution < -0.4 is 0 Å². The number of nitrogens with zero attached hydrogens (tertiary/aromatic N) is 4. The van der Waals surface area contributed by atoms with E-state index in [2.05, 4.69) is 9.55 Å². The Balaban J connectivity index is 1.50. The number of carbonyl (C=O) groups excluding carboxylic acids is 1. The second kappa shape index (κ2) is 5.33. The van der Waals surface area contributed by atoms with Gasteiger partial charge in [-0.25, -0.2) is 4.98 Å². The number of aromatic nitrogens is 2. The first kappa shape index (κ1) is 14.2. The molecule has 1 saturated heterocycles. The summed E-state index contributed by atoms with van der Waals surface area (Å²) in [6, 6.07) is 7.35. The molecule has 0 unspecified atom stereocenters. The van der Waals surface area contributed by atoms with Crippen LogP contribution in [-0.2, 0) is 11.3 Å². The summed E-state index contributed by atoms with van der Waals surface area (Å²) < 4.78 is 2.07. The lowest BCUT2D eigenvalue weighted by molar-refractivity contribution is -0.497. The summed E-state index contributed by atoms with van der Waals surface area (Å²) in [6.45, 7) is 1.40. The van der Waals surface area contributed by atoms with Gasteiger partial charge in [0, 0.05) is 30.5 Å². The number of nitro groups is 1. The largest absolute Gasteiger partial charge is 0.337 e. The summed E-state index contributed by atoms with van der Waals surface area (Å²) in [7, 11) is 0. The second-order valence-corrected chi connectivity index (χ2v) is 6.41. The van der Waals surface area contributed by atoms with Gasteiger partial charge in [-0.2, -0.15) is 0 Å². The third kappa shape index (κ3) is 2.46. The fraction of sp³-hybridized carbons (Fsp3) is 0.500. The van der Waals surface area contributed by atoms with Gasteiger partial charge in [-0.15, -0.1) is 0 Å². The highest BCUT2D eigenvalue weighted by molar-refractivity contribution is 5.82. The van der Waals surface area contributed by atoms with Crippen LogP contribution in [0.25, 0.3) is 11.0 Å². The van der Waals surface area contributed by atoms with Crippen LogP contribution in [0.15, 0.2) is 30.6 Å². The van der Waals surface area contributed by atoms with Gasteiger partial charge in [-0.1, -0.05) is 12.1 Å². The van der Waals surface area contributed by atoms with Gasteiger partial charge in [-0.05, 0) is 25.0 Å². The monoisotopic (exact) mass is 314 g/mol. The molecule has 0 spiro atoms. The van der Waals surface area contributed by atoms with Crippen molar-refractivity contribution in [2.24, 2.45) is 5.92 Å². The van der Waals surface area contributed by atoms with Crippen LogP contribution in [0.4, 0.5) is 0 Å². The Hall–Kier alpha value is -2.44. The summed E-state index contributed by atoms with van der Waals surface area (Å²) >= 11 is 0. The van der Waals surface area contributed by atoms with E-state index in [4.69, 9.17) is 0 Å². The molecule has 7 nitrogen and oxygen atoms in total. The van der Waals surface area contributed by atoms with Crippen LogP contribution >= 0.6 is 0 Å². The number of amides is 1. The summed E-state index contributed by atoms with van der Waals surface area (Å²) in [6.07, 6.45) is 4.10. The zero-order valence-electron chi connectivity index (χ0n) is 12.7. The lowest BCUT2D eigenvalue weighted by Crippen LogP contribution is -2.39. The van der Waals surface area contributed by atoms with E-state index < -0.39 is 12.0 Å². The number of benzene rings is 1. The maximum atomic E-state index is 12.5. The Labute approximate surface area is 133 Å². The number of hydrogen-bond acceptors (Lipinski definition) is 4. The smallest absolute Gasteiger partial charge is 0.233 e. The van der Waals surface area contributed by atoms with Crippen molar-refractivity contribution >= 4 is 16.9 Å². The molecular formula is C16H18N4O3. The summed E-state index contributed by atoms with van der Waals surface area (Å²) in [5, 5.41) is 10.8. The van der Waals surface area contributed by atoms with Crippen molar-refractivity contribution in [1.29, 1.82) is 0 Å². The molecular weight excluding hydrogens is 296 g/mol. The number of hydrogen-bond donors (Lipinski definition) is 0. The van der Waals surface area contributed by atoms with E-state index in [0.29, 0.717) is 19.5 Å². The topological polar surface area (TPSA) is 81.3 Å². The number of para-hydroxylation sites is 2. The fourth-order valence-corrected chi connectivity index (χ4v) is 3.59. The molecule has 1 aromatic heterocycles. The van der Waals surface area contributed by atoms with Crippen LogP contribution in [0, 0.1) is 16.0 Å². The highest BCUT2D eigenvalue weighted by Crippen LogP contribution is 2.37. The molecule has 1 aliphatic heterocycles. The molecule has 23 heavy (non-hydrogen) atoms. The maximum absolute atomic E-state index is 12.5. The minimum Gasteiger partial charge on any atom is -0.337 e. The normalized spacial score (nSPS) is 26.6. The number of likely N-dealkylation sites (tertiary alicyclic amines) is 1. The standard InChI is InChI=1S/C16H18N4O3/c21-16(12-8-15(12)20(22)23)19-7-3-4-11(19)9-18-10-17-13-5-1-2-6-14(13)18/h1-2,5-6,10-12,15H,3-4,7-9H2/t11-,12-,15+/m1/s1. The van der Waals surface area contributed by atoms with Gasteiger partial charge in [-0.3, -0.25) is 14.9 Å². The Bertz CT molecular complexity index is 772. The van der Waals surface area contributed by atoms with E-state index in [-0.39, 0.29) is 16.9 Å². The van der Waals surface area contributed by atoms with Crippen molar-refractivity contribution in [2.45, 2.75) is 37.9 Å². The quantitative estimate of drug-likeness (QED) is 0.635. The van der Waals surface area contributed by atoms with E-state index in [1.807, 2.05) is 35.5 Å². The lowest BCUT2D eigenvalue weighted by Gasteiger charge is -2.25. The first-order valence-electron chi connectivity index (χ1n) is 7.99. The van der Waals surface area contributed by atoms with Crippen molar-refractivity contribution in [1.82, 2.24) is 14.5 Å². The molecule has 0 bridgehead atoms. The van der Waals surface area contributed by atoms with Gasteiger partial charge in [0.05, 0.1) is 17.4 Å². The molecule has 120 valence electrons. The number of rotatable bonds is 4. The van der Waals surface area contributed by atoms with Gasteiger partial charge < -0.3 is 9.47 Å². The molecule has 7 heteroatoms. The van der Waals surface area contributed by atoms with E-state index in [9.17, 15) is 14.9 Å². The number of fused-ring (bicyclic) bond motifs is 1. The molecule has 1 aliphatic carbocycles. The Morgan fingerprint density at radius 2 is 2.22 bits per heavy atom. The van der Waals surface area contributed by atoms with Gasteiger partial charge in [0.15, 0.2) is 0 Å². The van der Waals surface area contributed by atoms with Crippen LogP contribution in [0.1, 0.15) is 19.3 Å². The minimum absolute atomic E-state index is 0.0429. The zero-order chi connectivity index (χ0) is 16.0. The van der Waals surface area contributed by atoms with Crippen molar-refractivity contribution < 1.29 is 9.72 Å². The molecule has 3 atom stereocenters. The average molecular weight is 314 g/mol. The Morgan fingerprint density at radius 1 is 1.39 bits per heavy atom. The predicted molar refractivity (Wildman–Crippen MR) is 83.4 cm³/mol. The van der Waals surface area contributed by atoms with E-state index >= 15 is 0 Å². The first-order chi connectivity index (χ1) is 11.1. The summed E-state index contributed by atoms with van der Waals surface area (Å²) in [5.74, 6) is -0.455. The molecule has 0 N–H and O–H groups in total. The Kier molecular flexibility index (Phi) is 3.28. The summed E-state index contributed by atoms with van der Waals surface area (Å²) in [4.78, 5) is 29.2. The van der Waals surface area contributed by atoms with E-state index in [0.717, 1.165) is 23.9 Å². The molecule has 1 amide bonds. The van der Waals surface area contributed by atoms with Gasteiger partial charge in [0.1, 0.15) is 5.92 Å². The fourth-order valence-electron chi connectivity index (χ4n) is 3.59. The average Bonchev–Trinajstić information content (AvgIpc) is 3.07. The summed E-state index contributed by atoms with van der Waals surface area (Å²) in [5.41, 5.74) is 2.00. The van der Waals surface area contributed by atoms with E-state index in [1.165, 1.54) is 0 Å². The molecule has 1 aromatic carbocycles. The third-order valence-corrected chi connectivity index (χ3v) is 4.94. The van der Waals surface area contributed by atoms with E-state index in [1.54, 1.807) is 0 Å². The van der Waals surface area contributed by atoms with Gasteiger partial charge >= 0.3 is 0 Å². The predicted octanol–water partition coefficient (Wildman–Crippen LogP) is 1.69. The van der Waals surface area contributed by atoms with Crippen LogP contribution in [0.5, 0.6) is 0 Å². The number of imidazole rings is 1. The highest BCUT2D eigenvalue weighted by Gasteiger charge is 2.55. The SMILES string of the molecule is O=C([C@@H]1C[C@@H]1[N+](=O)[O-])N1CCC[C@@H]1Cn1cnc2ccccc21. The van der Waals surface area contributed by atoms with Crippen molar-refractivity contribution in [3.05, 3.63) is 40.7 Å². The number of carbonyl (C=O) groups is 1. The van der Waals surface area contributed by atoms with Gasteiger partial charge in [0.2, 0.25) is 11.9 Å². The zero-order valence-corrected chi connectivity index (χ0v) is 12.7. The Morgan fingerprint density at radius 3 is 3.00 bits per heavy atom. The van der Waals surface area contributed by atoms with Crippen molar-refractivity contribution in [2.75, 3.05) is 6.54 Å². The first-order valence-corrected chi connectivity index (χ1v) is 7.99. The molecule has 2 aliphatic rings. The maximum Gasteiger partial charge on any atom is 0.233 e. The lowest BCUT2D eigenvalue weighted by atomic mass is 10.2. The molecule has 1 saturated carbocycles. The third-order valence-electron chi connectivity index (χ3n) is 4.94. The van der Waals surface area contributed by atoms with Crippen LogP contribution in [0.2, 0.25) is 0 Å². The van der Waals surface area contributed by atoms with Gasteiger partial charge in [0.25, 0.3) is 0 Å². The molecule has 0 radical (unpaired) electrons. The molecule has 2 heterocycles.